The number of aromatic nitrogens is 1. The molecule has 2 heterocycles. The predicted octanol–water partition coefficient (Wildman–Crippen LogP) is 3.78. The molecule has 0 saturated carbocycles. The van der Waals surface area contributed by atoms with Crippen LogP contribution in [-0.2, 0) is 4.74 Å². The molecule has 152 valence electrons. The van der Waals surface area contributed by atoms with Crippen LogP contribution in [0.25, 0.3) is 11.5 Å². The Balaban J connectivity index is 1.66. The van der Waals surface area contributed by atoms with E-state index in [0.29, 0.717) is 34.8 Å². The average Bonchev–Trinajstić information content (AvgIpc) is 3.07. The van der Waals surface area contributed by atoms with Crippen molar-refractivity contribution in [3.63, 3.8) is 0 Å². The monoisotopic (exact) mass is 405 g/mol. The molecular formula is C21H28ClN3O3. The second kappa shape index (κ2) is 9.54. The molecular weight excluding hydrogens is 378 g/mol. The fourth-order valence-corrected chi connectivity index (χ4v) is 3.59. The lowest BCUT2D eigenvalue weighted by Gasteiger charge is -2.35. The summed E-state index contributed by atoms with van der Waals surface area (Å²) in [5, 5.41) is 3.69. The van der Waals surface area contributed by atoms with Gasteiger partial charge in [-0.25, -0.2) is 4.98 Å². The predicted molar refractivity (Wildman–Crippen MR) is 110 cm³/mol. The van der Waals surface area contributed by atoms with E-state index in [-0.39, 0.29) is 11.9 Å². The number of nitrogens with zero attached hydrogens (tertiary/aromatic N) is 2. The van der Waals surface area contributed by atoms with E-state index in [0.717, 1.165) is 38.3 Å². The fraction of sp³-hybridized carbons (Fsp3) is 0.524. The quantitative estimate of drug-likeness (QED) is 0.759. The van der Waals surface area contributed by atoms with Crippen LogP contribution in [0.1, 0.15) is 36.5 Å². The zero-order chi connectivity index (χ0) is 20.1. The van der Waals surface area contributed by atoms with Crippen molar-refractivity contribution >= 4 is 17.5 Å². The highest BCUT2D eigenvalue weighted by atomic mass is 35.5. The van der Waals surface area contributed by atoms with Crippen molar-refractivity contribution in [1.29, 1.82) is 0 Å². The summed E-state index contributed by atoms with van der Waals surface area (Å²) in [5.74, 6) is 1.28. The first-order chi connectivity index (χ1) is 13.4. The molecule has 3 rings (SSSR count). The van der Waals surface area contributed by atoms with E-state index in [1.54, 1.807) is 19.1 Å². The summed E-state index contributed by atoms with van der Waals surface area (Å²) in [6, 6.07) is 7.48. The Kier molecular flexibility index (Phi) is 7.10. The molecule has 28 heavy (non-hydrogen) atoms. The van der Waals surface area contributed by atoms with Gasteiger partial charge in [0, 0.05) is 36.3 Å². The van der Waals surface area contributed by atoms with Crippen LogP contribution in [0.3, 0.4) is 0 Å². The van der Waals surface area contributed by atoms with Crippen molar-refractivity contribution < 1.29 is 13.9 Å². The first kappa shape index (κ1) is 20.8. The fourth-order valence-electron chi connectivity index (χ4n) is 3.47. The lowest BCUT2D eigenvalue weighted by atomic mass is 10.0. The summed E-state index contributed by atoms with van der Waals surface area (Å²) in [4.78, 5) is 19.5. The van der Waals surface area contributed by atoms with Crippen molar-refractivity contribution in [3.8, 4) is 11.5 Å². The number of ether oxygens (including phenoxy) is 1. The lowest BCUT2D eigenvalue weighted by molar-refractivity contribution is 0.0124. The molecule has 1 fully saturated rings. The van der Waals surface area contributed by atoms with Gasteiger partial charge in [-0.1, -0.05) is 25.4 Å². The number of oxazole rings is 1. The molecule has 1 aromatic carbocycles. The first-order valence-corrected chi connectivity index (χ1v) is 10.1. The molecule has 1 aliphatic rings. The van der Waals surface area contributed by atoms with Gasteiger partial charge in [0.25, 0.3) is 5.91 Å². The largest absolute Gasteiger partial charge is 0.441 e. The van der Waals surface area contributed by atoms with Crippen LogP contribution >= 0.6 is 11.6 Å². The molecule has 0 unspecified atom stereocenters. The van der Waals surface area contributed by atoms with Crippen molar-refractivity contribution in [2.45, 2.75) is 33.2 Å². The second-order valence-electron chi connectivity index (χ2n) is 7.57. The molecule has 0 bridgehead atoms. The number of carbonyl (C=O) groups excluding carboxylic acids is 1. The van der Waals surface area contributed by atoms with E-state index in [1.165, 1.54) is 0 Å². The Hall–Kier alpha value is -1.89. The molecule has 0 aliphatic carbocycles. The Morgan fingerprint density at radius 3 is 2.57 bits per heavy atom. The highest BCUT2D eigenvalue weighted by Crippen LogP contribution is 2.23. The van der Waals surface area contributed by atoms with Crippen molar-refractivity contribution in [2.75, 3.05) is 32.8 Å². The molecule has 1 atom stereocenters. The van der Waals surface area contributed by atoms with Crippen LogP contribution in [0, 0.1) is 12.8 Å². The SMILES string of the molecule is Cc1oc(-c2ccc(Cl)cc2)nc1C(=O)NC[C@@H](CC(C)C)N1CCOCC1. The van der Waals surface area contributed by atoms with E-state index >= 15 is 0 Å². The molecule has 2 aromatic rings. The average molecular weight is 406 g/mol. The maximum atomic E-state index is 12.7. The maximum absolute atomic E-state index is 12.7. The molecule has 1 saturated heterocycles. The van der Waals surface area contributed by atoms with Crippen LogP contribution in [0.2, 0.25) is 5.02 Å². The molecule has 1 amide bonds. The lowest BCUT2D eigenvalue weighted by Crippen LogP contribution is -2.49. The van der Waals surface area contributed by atoms with Gasteiger partial charge in [0.15, 0.2) is 5.69 Å². The molecule has 7 heteroatoms. The Labute approximate surface area is 171 Å². The number of carbonyl (C=O) groups is 1. The van der Waals surface area contributed by atoms with E-state index in [9.17, 15) is 4.79 Å². The minimum Gasteiger partial charge on any atom is -0.441 e. The van der Waals surface area contributed by atoms with Gasteiger partial charge in [0.05, 0.1) is 13.2 Å². The molecule has 1 aliphatic heterocycles. The number of morpholine rings is 1. The molecule has 1 aromatic heterocycles. The smallest absolute Gasteiger partial charge is 0.273 e. The van der Waals surface area contributed by atoms with Crippen LogP contribution in [0.15, 0.2) is 28.7 Å². The second-order valence-corrected chi connectivity index (χ2v) is 8.01. The number of nitrogens with one attached hydrogen (secondary N) is 1. The zero-order valence-corrected chi connectivity index (χ0v) is 17.5. The highest BCUT2D eigenvalue weighted by Gasteiger charge is 2.24. The minimum atomic E-state index is -0.205. The maximum Gasteiger partial charge on any atom is 0.273 e. The third-order valence-corrected chi connectivity index (χ3v) is 5.16. The van der Waals surface area contributed by atoms with Gasteiger partial charge in [-0.3, -0.25) is 9.69 Å². The molecule has 0 radical (unpaired) electrons. The zero-order valence-electron chi connectivity index (χ0n) is 16.7. The van der Waals surface area contributed by atoms with E-state index in [4.69, 9.17) is 20.8 Å². The van der Waals surface area contributed by atoms with Gasteiger partial charge in [0.1, 0.15) is 5.76 Å². The number of amides is 1. The van der Waals surface area contributed by atoms with Crippen LogP contribution in [0.5, 0.6) is 0 Å². The summed E-state index contributed by atoms with van der Waals surface area (Å²) < 4.78 is 11.2. The van der Waals surface area contributed by atoms with Gasteiger partial charge in [0.2, 0.25) is 5.89 Å². The van der Waals surface area contributed by atoms with Gasteiger partial charge in [-0.15, -0.1) is 0 Å². The highest BCUT2D eigenvalue weighted by molar-refractivity contribution is 6.30. The third kappa shape index (κ3) is 5.34. The summed E-state index contributed by atoms with van der Waals surface area (Å²) in [7, 11) is 0. The van der Waals surface area contributed by atoms with Gasteiger partial charge >= 0.3 is 0 Å². The van der Waals surface area contributed by atoms with Crippen LogP contribution in [0.4, 0.5) is 0 Å². The first-order valence-electron chi connectivity index (χ1n) is 9.77. The number of aryl methyl sites for hydroxylation is 1. The number of halogens is 1. The van der Waals surface area contributed by atoms with Crippen molar-refractivity contribution in [1.82, 2.24) is 15.2 Å². The van der Waals surface area contributed by atoms with Crippen molar-refractivity contribution in [2.24, 2.45) is 5.92 Å². The number of benzene rings is 1. The summed E-state index contributed by atoms with van der Waals surface area (Å²) in [6.45, 7) is 10.0. The van der Waals surface area contributed by atoms with Crippen LogP contribution < -0.4 is 5.32 Å². The van der Waals surface area contributed by atoms with Gasteiger partial charge < -0.3 is 14.5 Å². The molecule has 0 spiro atoms. The minimum absolute atomic E-state index is 0.205. The molecule has 1 N–H and O–H groups in total. The summed E-state index contributed by atoms with van der Waals surface area (Å²) >= 11 is 5.93. The van der Waals surface area contributed by atoms with Gasteiger partial charge in [-0.2, -0.15) is 0 Å². The number of hydrogen-bond acceptors (Lipinski definition) is 5. The van der Waals surface area contributed by atoms with E-state index in [1.807, 2.05) is 12.1 Å². The Bertz CT molecular complexity index is 783. The topological polar surface area (TPSA) is 67.6 Å². The number of hydrogen-bond donors (Lipinski definition) is 1. The standard InChI is InChI=1S/C21H28ClN3O3/c1-14(2)12-18(25-8-10-27-11-9-25)13-23-20(26)19-15(3)28-21(24-19)16-4-6-17(22)7-5-16/h4-7,14,18H,8-13H2,1-3H3,(H,23,26)/t18-/m1/s1. The Morgan fingerprint density at radius 2 is 1.93 bits per heavy atom. The van der Waals surface area contributed by atoms with Crippen LogP contribution in [-0.4, -0.2) is 54.7 Å². The van der Waals surface area contributed by atoms with E-state index < -0.39 is 0 Å². The van der Waals surface area contributed by atoms with E-state index in [2.05, 4.69) is 29.0 Å². The molecule has 6 nitrogen and oxygen atoms in total. The normalized spacial score (nSPS) is 16.3. The third-order valence-electron chi connectivity index (χ3n) is 4.91. The van der Waals surface area contributed by atoms with Crippen molar-refractivity contribution in [3.05, 3.63) is 40.7 Å². The van der Waals surface area contributed by atoms with Gasteiger partial charge in [-0.05, 0) is 43.5 Å². The number of rotatable bonds is 7. The Morgan fingerprint density at radius 1 is 1.25 bits per heavy atom. The summed E-state index contributed by atoms with van der Waals surface area (Å²) in [5.41, 5.74) is 1.12. The summed E-state index contributed by atoms with van der Waals surface area (Å²) in [6.07, 6.45) is 1.02.